The van der Waals surface area contributed by atoms with Crippen LogP contribution in [-0.2, 0) is 24.3 Å². The lowest BCUT2D eigenvalue weighted by molar-refractivity contribution is -0.120. The Bertz CT molecular complexity index is 621. The molecule has 2 aromatic rings. The number of hydrogen-bond donors (Lipinski definition) is 2. The number of benzene rings is 2. The number of hydrogen-bond acceptors (Lipinski definition) is 3. The number of phenols is 1. The molecule has 0 unspecified atom stereocenters. The molecule has 0 bridgehead atoms. The van der Waals surface area contributed by atoms with E-state index >= 15 is 0 Å². The molecule has 0 saturated heterocycles. The first kappa shape index (κ1) is 16.0. The van der Waals surface area contributed by atoms with E-state index in [1.807, 2.05) is 32.3 Å². The van der Waals surface area contributed by atoms with Crippen LogP contribution in [0.1, 0.15) is 16.7 Å². The third kappa shape index (κ3) is 4.90. The molecule has 0 heterocycles. The minimum absolute atomic E-state index is 0.0228. The molecule has 0 aliphatic carbocycles. The van der Waals surface area contributed by atoms with Crippen molar-refractivity contribution in [2.75, 3.05) is 14.1 Å². The smallest absolute Gasteiger partial charge is 0.224 e. The molecule has 4 heteroatoms. The van der Waals surface area contributed by atoms with E-state index in [1.54, 1.807) is 24.3 Å². The quantitative estimate of drug-likeness (QED) is 0.860. The summed E-state index contributed by atoms with van der Waals surface area (Å²) in [6, 6.07) is 14.8. The molecular formula is C18H22N2O2. The predicted octanol–water partition coefficient (Wildman–Crippen LogP) is 2.31. The number of amides is 1. The van der Waals surface area contributed by atoms with Gasteiger partial charge >= 0.3 is 0 Å². The molecule has 2 aromatic carbocycles. The first-order valence-corrected chi connectivity index (χ1v) is 7.30. The molecule has 0 aliphatic rings. The lowest BCUT2D eigenvalue weighted by atomic mass is 10.1. The Morgan fingerprint density at radius 3 is 2.32 bits per heavy atom. The van der Waals surface area contributed by atoms with Gasteiger partial charge in [0.25, 0.3) is 0 Å². The first-order chi connectivity index (χ1) is 10.5. The number of carbonyl (C=O) groups excluding carboxylic acids is 1. The Labute approximate surface area is 131 Å². The number of carbonyl (C=O) groups is 1. The maximum atomic E-state index is 12.0. The lowest BCUT2D eigenvalue weighted by Gasteiger charge is -2.14. The van der Waals surface area contributed by atoms with Gasteiger partial charge in [0.2, 0.25) is 5.91 Å². The van der Waals surface area contributed by atoms with E-state index in [0.29, 0.717) is 13.0 Å². The number of nitrogens with one attached hydrogen (secondary N) is 1. The van der Waals surface area contributed by atoms with Gasteiger partial charge in [-0.25, -0.2) is 0 Å². The summed E-state index contributed by atoms with van der Waals surface area (Å²) in [7, 11) is 4.06. The molecule has 2 N–H and O–H groups in total. The Balaban J connectivity index is 1.92. The molecule has 1 amide bonds. The van der Waals surface area contributed by atoms with Crippen LogP contribution >= 0.6 is 0 Å². The van der Waals surface area contributed by atoms with Crippen molar-refractivity contribution in [3.63, 3.8) is 0 Å². The molecule has 0 aromatic heterocycles. The van der Waals surface area contributed by atoms with Gasteiger partial charge in [0.1, 0.15) is 5.75 Å². The van der Waals surface area contributed by atoms with E-state index in [2.05, 4.69) is 16.3 Å². The maximum Gasteiger partial charge on any atom is 0.224 e. The summed E-state index contributed by atoms with van der Waals surface area (Å²) in [6.45, 7) is 1.38. The standard InChI is InChI=1S/C18H22N2O2/c1-20(2)13-16-6-4-3-5-15(16)12-19-18(22)11-14-7-9-17(21)10-8-14/h3-10,21H,11-13H2,1-2H3,(H,19,22). The maximum absolute atomic E-state index is 12.0. The zero-order chi connectivity index (χ0) is 15.9. The summed E-state index contributed by atoms with van der Waals surface area (Å²) in [5.74, 6) is 0.187. The monoisotopic (exact) mass is 298 g/mol. The molecule has 0 fully saturated rings. The average molecular weight is 298 g/mol. The van der Waals surface area contributed by atoms with Crippen molar-refractivity contribution in [3.05, 3.63) is 65.2 Å². The zero-order valence-electron chi connectivity index (χ0n) is 13.0. The van der Waals surface area contributed by atoms with Crippen LogP contribution in [0, 0.1) is 0 Å². The third-order valence-electron chi connectivity index (χ3n) is 3.38. The van der Waals surface area contributed by atoms with Crippen LogP contribution in [0.25, 0.3) is 0 Å². The van der Waals surface area contributed by atoms with Crippen LogP contribution in [0.3, 0.4) is 0 Å². The van der Waals surface area contributed by atoms with E-state index in [0.717, 1.165) is 17.7 Å². The number of phenolic OH excluding ortho intramolecular Hbond substituents is 1. The third-order valence-corrected chi connectivity index (χ3v) is 3.38. The van der Waals surface area contributed by atoms with E-state index in [1.165, 1.54) is 5.56 Å². The Kier molecular flexibility index (Phi) is 5.55. The van der Waals surface area contributed by atoms with Crippen molar-refractivity contribution in [2.24, 2.45) is 0 Å². The molecule has 2 rings (SSSR count). The van der Waals surface area contributed by atoms with Crippen molar-refractivity contribution < 1.29 is 9.90 Å². The number of aromatic hydroxyl groups is 1. The summed E-state index contributed by atoms with van der Waals surface area (Å²) < 4.78 is 0. The van der Waals surface area contributed by atoms with Crippen LogP contribution in [0.4, 0.5) is 0 Å². The van der Waals surface area contributed by atoms with E-state index < -0.39 is 0 Å². The number of nitrogens with zero attached hydrogens (tertiary/aromatic N) is 1. The first-order valence-electron chi connectivity index (χ1n) is 7.30. The van der Waals surface area contributed by atoms with Gasteiger partial charge in [0, 0.05) is 13.1 Å². The van der Waals surface area contributed by atoms with Gasteiger partial charge < -0.3 is 15.3 Å². The van der Waals surface area contributed by atoms with Crippen molar-refractivity contribution >= 4 is 5.91 Å². The fourth-order valence-corrected chi connectivity index (χ4v) is 2.28. The summed E-state index contributed by atoms with van der Waals surface area (Å²) in [6.07, 6.45) is 0.316. The molecular weight excluding hydrogens is 276 g/mol. The van der Waals surface area contributed by atoms with Gasteiger partial charge in [-0.15, -0.1) is 0 Å². The molecule has 0 spiro atoms. The highest BCUT2D eigenvalue weighted by atomic mass is 16.3. The Morgan fingerprint density at radius 1 is 1.05 bits per heavy atom. The molecule has 4 nitrogen and oxygen atoms in total. The number of rotatable bonds is 6. The Morgan fingerprint density at radius 2 is 1.68 bits per heavy atom. The van der Waals surface area contributed by atoms with Gasteiger partial charge in [-0.1, -0.05) is 36.4 Å². The zero-order valence-corrected chi connectivity index (χ0v) is 13.0. The van der Waals surface area contributed by atoms with Crippen LogP contribution in [-0.4, -0.2) is 30.0 Å². The summed E-state index contributed by atoms with van der Waals surface area (Å²) >= 11 is 0. The minimum Gasteiger partial charge on any atom is -0.508 e. The predicted molar refractivity (Wildman–Crippen MR) is 87.5 cm³/mol. The van der Waals surface area contributed by atoms with E-state index in [9.17, 15) is 9.90 Å². The molecule has 22 heavy (non-hydrogen) atoms. The van der Waals surface area contributed by atoms with Gasteiger partial charge in [0.15, 0.2) is 0 Å². The van der Waals surface area contributed by atoms with Crippen LogP contribution in [0.5, 0.6) is 5.75 Å². The average Bonchev–Trinajstić information content (AvgIpc) is 2.48. The highest BCUT2D eigenvalue weighted by Crippen LogP contribution is 2.12. The largest absolute Gasteiger partial charge is 0.508 e. The summed E-state index contributed by atoms with van der Waals surface area (Å²) in [5.41, 5.74) is 3.24. The summed E-state index contributed by atoms with van der Waals surface area (Å²) in [4.78, 5) is 14.1. The molecule has 0 saturated carbocycles. The second-order valence-electron chi connectivity index (χ2n) is 5.63. The van der Waals surface area contributed by atoms with Gasteiger partial charge in [-0.3, -0.25) is 4.79 Å². The highest BCUT2D eigenvalue weighted by Gasteiger charge is 2.06. The molecule has 0 radical (unpaired) electrons. The topological polar surface area (TPSA) is 52.6 Å². The van der Waals surface area contributed by atoms with Crippen molar-refractivity contribution in [1.29, 1.82) is 0 Å². The van der Waals surface area contributed by atoms with Crippen LogP contribution in [0.2, 0.25) is 0 Å². The van der Waals surface area contributed by atoms with Crippen molar-refractivity contribution in [3.8, 4) is 5.75 Å². The second-order valence-corrected chi connectivity index (χ2v) is 5.63. The molecule has 116 valence electrons. The fraction of sp³-hybridized carbons (Fsp3) is 0.278. The SMILES string of the molecule is CN(C)Cc1ccccc1CNC(=O)Cc1ccc(O)cc1. The van der Waals surface area contributed by atoms with Gasteiger partial charge in [-0.05, 0) is 42.9 Å². The van der Waals surface area contributed by atoms with Crippen molar-refractivity contribution in [2.45, 2.75) is 19.5 Å². The van der Waals surface area contributed by atoms with Gasteiger partial charge in [-0.2, -0.15) is 0 Å². The normalized spacial score (nSPS) is 10.7. The highest BCUT2D eigenvalue weighted by molar-refractivity contribution is 5.78. The van der Waals surface area contributed by atoms with E-state index in [4.69, 9.17) is 0 Å². The van der Waals surface area contributed by atoms with Crippen LogP contribution < -0.4 is 5.32 Å². The fourth-order valence-electron chi connectivity index (χ4n) is 2.28. The second kappa shape index (κ2) is 7.61. The Hall–Kier alpha value is -2.33. The summed E-state index contributed by atoms with van der Waals surface area (Å²) in [5, 5.41) is 12.2. The van der Waals surface area contributed by atoms with E-state index in [-0.39, 0.29) is 11.7 Å². The molecule has 0 atom stereocenters. The minimum atomic E-state index is -0.0228. The van der Waals surface area contributed by atoms with Crippen LogP contribution in [0.15, 0.2) is 48.5 Å². The van der Waals surface area contributed by atoms with Gasteiger partial charge in [0.05, 0.1) is 6.42 Å². The lowest BCUT2D eigenvalue weighted by Crippen LogP contribution is -2.25. The molecule has 0 aliphatic heterocycles. The van der Waals surface area contributed by atoms with Crippen molar-refractivity contribution in [1.82, 2.24) is 10.2 Å².